The number of carboxylic acids is 1. The molecule has 1 atom stereocenters. The second-order valence-corrected chi connectivity index (χ2v) is 4.49. The Morgan fingerprint density at radius 2 is 2.35 bits per heavy atom. The summed E-state index contributed by atoms with van der Waals surface area (Å²) in [5.41, 5.74) is 1.08. The van der Waals surface area contributed by atoms with Gasteiger partial charge in [0.15, 0.2) is 0 Å². The molecule has 0 radical (unpaired) electrons. The van der Waals surface area contributed by atoms with Crippen LogP contribution in [0.1, 0.15) is 17.3 Å². The SMILES string of the molecule is CC1COCCN1c1ccc(C(=O)O)c(Cl)c1. The molecule has 0 spiro atoms. The summed E-state index contributed by atoms with van der Waals surface area (Å²) in [6.45, 7) is 4.23. The van der Waals surface area contributed by atoms with Gasteiger partial charge in [0.1, 0.15) is 0 Å². The van der Waals surface area contributed by atoms with Crippen LogP contribution >= 0.6 is 11.6 Å². The van der Waals surface area contributed by atoms with E-state index in [1.165, 1.54) is 0 Å². The lowest BCUT2D eigenvalue weighted by atomic mass is 10.1. The van der Waals surface area contributed by atoms with E-state index in [-0.39, 0.29) is 16.6 Å². The smallest absolute Gasteiger partial charge is 0.337 e. The number of carboxylic acid groups (broad SMARTS) is 1. The molecule has 1 fully saturated rings. The summed E-state index contributed by atoms with van der Waals surface area (Å²) in [4.78, 5) is 13.0. The molecule has 0 bridgehead atoms. The van der Waals surface area contributed by atoms with Crippen LogP contribution in [0, 0.1) is 0 Å². The third-order valence-corrected chi connectivity index (χ3v) is 3.20. The van der Waals surface area contributed by atoms with Gasteiger partial charge in [-0.15, -0.1) is 0 Å². The summed E-state index contributed by atoms with van der Waals surface area (Å²) in [5.74, 6) is -1.00. The third kappa shape index (κ3) is 2.53. The van der Waals surface area contributed by atoms with Crippen molar-refractivity contribution in [3.8, 4) is 0 Å². The minimum absolute atomic E-state index is 0.135. The van der Waals surface area contributed by atoms with E-state index in [0.717, 1.165) is 12.2 Å². The first-order valence-electron chi connectivity index (χ1n) is 5.47. The van der Waals surface area contributed by atoms with Crippen molar-refractivity contribution in [2.75, 3.05) is 24.7 Å². The van der Waals surface area contributed by atoms with Gasteiger partial charge in [-0.1, -0.05) is 11.6 Å². The number of morpholine rings is 1. The standard InChI is InChI=1S/C12H14ClNO3/c1-8-7-17-5-4-14(8)9-2-3-10(12(15)16)11(13)6-9/h2-3,6,8H,4-5,7H2,1H3,(H,15,16). The molecule has 0 aromatic heterocycles. The number of aromatic carboxylic acids is 1. The van der Waals surface area contributed by atoms with Gasteiger partial charge in [0, 0.05) is 18.3 Å². The van der Waals surface area contributed by atoms with E-state index in [1.807, 2.05) is 0 Å². The van der Waals surface area contributed by atoms with Crippen molar-refractivity contribution in [1.82, 2.24) is 0 Å². The maximum absolute atomic E-state index is 10.9. The van der Waals surface area contributed by atoms with Crippen LogP contribution in [-0.4, -0.2) is 36.9 Å². The summed E-state index contributed by atoms with van der Waals surface area (Å²) >= 11 is 5.95. The van der Waals surface area contributed by atoms with E-state index in [2.05, 4.69) is 11.8 Å². The van der Waals surface area contributed by atoms with Crippen LogP contribution < -0.4 is 4.90 Å². The van der Waals surface area contributed by atoms with Gasteiger partial charge in [-0.05, 0) is 25.1 Å². The third-order valence-electron chi connectivity index (χ3n) is 2.88. The first-order valence-corrected chi connectivity index (χ1v) is 5.84. The van der Waals surface area contributed by atoms with Crippen LogP contribution in [0.25, 0.3) is 0 Å². The van der Waals surface area contributed by atoms with E-state index in [0.29, 0.717) is 13.2 Å². The number of rotatable bonds is 2. The number of halogens is 1. The number of hydrogen-bond acceptors (Lipinski definition) is 3. The zero-order valence-corrected chi connectivity index (χ0v) is 10.3. The minimum Gasteiger partial charge on any atom is -0.478 e. The van der Waals surface area contributed by atoms with Crippen LogP contribution in [0.3, 0.4) is 0 Å². The number of benzene rings is 1. The van der Waals surface area contributed by atoms with Gasteiger partial charge in [0.2, 0.25) is 0 Å². The number of nitrogens with zero attached hydrogens (tertiary/aromatic N) is 1. The molecule has 1 N–H and O–H groups in total. The molecule has 0 saturated carbocycles. The van der Waals surface area contributed by atoms with Gasteiger partial charge < -0.3 is 14.7 Å². The summed E-state index contributed by atoms with van der Waals surface area (Å²) in [5, 5.41) is 9.17. The first kappa shape index (κ1) is 12.2. The maximum atomic E-state index is 10.9. The Morgan fingerprint density at radius 3 is 2.94 bits per heavy atom. The van der Waals surface area contributed by atoms with Gasteiger partial charge in [0.25, 0.3) is 0 Å². The van der Waals surface area contributed by atoms with Crippen molar-refractivity contribution in [1.29, 1.82) is 0 Å². The number of ether oxygens (including phenoxy) is 1. The van der Waals surface area contributed by atoms with Gasteiger partial charge in [0.05, 0.1) is 23.8 Å². The predicted octanol–water partition coefficient (Wildman–Crippen LogP) is 2.26. The van der Waals surface area contributed by atoms with E-state index in [1.54, 1.807) is 18.2 Å². The number of carbonyl (C=O) groups is 1. The van der Waals surface area contributed by atoms with Crippen LogP contribution in [0.2, 0.25) is 5.02 Å². The Balaban J connectivity index is 2.27. The van der Waals surface area contributed by atoms with Gasteiger partial charge in [-0.2, -0.15) is 0 Å². The molecule has 1 unspecified atom stereocenters. The molecule has 1 aromatic rings. The highest BCUT2D eigenvalue weighted by Crippen LogP contribution is 2.26. The largest absolute Gasteiger partial charge is 0.478 e. The molecule has 1 aromatic carbocycles. The lowest BCUT2D eigenvalue weighted by Gasteiger charge is -2.35. The normalized spacial score (nSPS) is 20.4. The van der Waals surface area contributed by atoms with Crippen molar-refractivity contribution in [3.05, 3.63) is 28.8 Å². The fourth-order valence-electron chi connectivity index (χ4n) is 1.97. The quantitative estimate of drug-likeness (QED) is 0.881. The molecule has 1 saturated heterocycles. The second kappa shape index (κ2) is 4.94. The van der Waals surface area contributed by atoms with Gasteiger partial charge >= 0.3 is 5.97 Å². The zero-order chi connectivity index (χ0) is 12.4. The van der Waals surface area contributed by atoms with E-state index >= 15 is 0 Å². The molecule has 5 heteroatoms. The van der Waals surface area contributed by atoms with Crippen LogP contribution in [-0.2, 0) is 4.74 Å². The van der Waals surface area contributed by atoms with Crippen LogP contribution in [0.15, 0.2) is 18.2 Å². The average Bonchev–Trinajstić information content (AvgIpc) is 2.29. The van der Waals surface area contributed by atoms with Crippen molar-refractivity contribution >= 4 is 23.3 Å². The van der Waals surface area contributed by atoms with E-state index in [4.69, 9.17) is 21.4 Å². The van der Waals surface area contributed by atoms with Crippen molar-refractivity contribution < 1.29 is 14.6 Å². The Bertz CT molecular complexity index is 436. The molecule has 0 aliphatic carbocycles. The van der Waals surface area contributed by atoms with E-state index in [9.17, 15) is 4.79 Å². The summed E-state index contributed by atoms with van der Waals surface area (Å²) < 4.78 is 5.36. The van der Waals surface area contributed by atoms with Crippen molar-refractivity contribution in [3.63, 3.8) is 0 Å². The Labute approximate surface area is 105 Å². The van der Waals surface area contributed by atoms with Crippen molar-refractivity contribution in [2.45, 2.75) is 13.0 Å². The molecule has 92 valence electrons. The fraction of sp³-hybridized carbons (Fsp3) is 0.417. The summed E-state index contributed by atoms with van der Waals surface area (Å²) in [7, 11) is 0. The predicted molar refractivity (Wildman–Crippen MR) is 66.0 cm³/mol. The topological polar surface area (TPSA) is 49.8 Å². The van der Waals surface area contributed by atoms with Crippen molar-refractivity contribution in [2.24, 2.45) is 0 Å². The molecule has 4 nitrogen and oxygen atoms in total. The number of anilines is 1. The Morgan fingerprint density at radius 1 is 1.59 bits per heavy atom. The van der Waals surface area contributed by atoms with Gasteiger partial charge in [-0.25, -0.2) is 4.79 Å². The molecular weight excluding hydrogens is 242 g/mol. The molecule has 2 rings (SSSR count). The molecule has 1 heterocycles. The van der Waals surface area contributed by atoms with Crippen LogP contribution in [0.5, 0.6) is 0 Å². The average molecular weight is 256 g/mol. The Kier molecular flexibility index (Phi) is 3.54. The van der Waals surface area contributed by atoms with Crippen LogP contribution in [0.4, 0.5) is 5.69 Å². The molecule has 1 aliphatic heterocycles. The minimum atomic E-state index is -1.00. The summed E-state index contributed by atoms with van der Waals surface area (Å²) in [6.07, 6.45) is 0. The lowest BCUT2D eigenvalue weighted by molar-refractivity contribution is 0.0697. The maximum Gasteiger partial charge on any atom is 0.337 e. The Hall–Kier alpha value is -1.26. The highest BCUT2D eigenvalue weighted by molar-refractivity contribution is 6.33. The lowest BCUT2D eigenvalue weighted by Crippen LogP contribution is -2.43. The summed E-state index contributed by atoms with van der Waals surface area (Å²) in [6, 6.07) is 5.31. The molecule has 1 aliphatic rings. The fourth-order valence-corrected chi connectivity index (χ4v) is 2.22. The zero-order valence-electron chi connectivity index (χ0n) is 9.52. The highest BCUT2D eigenvalue weighted by Gasteiger charge is 2.20. The first-order chi connectivity index (χ1) is 8.09. The highest BCUT2D eigenvalue weighted by atomic mass is 35.5. The molecule has 0 amide bonds. The molecule has 17 heavy (non-hydrogen) atoms. The molecular formula is C12H14ClNO3. The second-order valence-electron chi connectivity index (χ2n) is 4.09. The van der Waals surface area contributed by atoms with E-state index < -0.39 is 5.97 Å². The number of hydrogen-bond donors (Lipinski definition) is 1. The monoisotopic (exact) mass is 255 g/mol. The van der Waals surface area contributed by atoms with Gasteiger partial charge in [-0.3, -0.25) is 0 Å².